The van der Waals surface area contributed by atoms with Crippen LogP contribution in [0.5, 0.6) is 0 Å². The lowest BCUT2D eigenvalue weighted by atomic mass is 9.83. The van der Waals surface area contributed by atoms with Crippen LogP contribution in [0.15, 0.2) is 42.9 Å². The summed E-state index contributed by atoms with van der Waals surface area (Å²) in [5.41, 5.74) is 1.42. The molecular formula is C25H29FN10O2. The molecule has 1 amide bonds. The van der Waals surface area contributed by atoms with Crippen LogP contribution < -0.4 is 15.5 Å². The van der Waals surface area contributed by atoms with Crippen molar-refractivity contribution in [1.29, 1.82) is 0 Å². The number of halogens is 1. The fraction of sp³-hybridized carbons (Fsp3) is 0.360. The maximum Gasteiger partial charge on any atom is 0.256 e. The number of aromatic nitrogens is 7. The molecule has 0 bridgehead atoms. The minimum atomic E-state index is -1.08. The van der Waals surface area contributed by atoms with E-state index in [2.05, 4.69) is 40.9 Å². The Morgan fingerprint density at radius 1 is 1.24 bits per heavy atom. The predicted octanol–water partition coefficient (Wildman–Crippen LogP) is 2.75. The zero-order chi connectivity index (χ0) is 27.0. The molecule has 13 heteroatoms. The van der Waals surface area contributed by atoms with Gasteiger partial charge in [0.2, 0.25) is 5.95 Å². The van der Waals surface area contributed by atoms with Crippen molar-refractivity contribution < 1.29 is 13.9 Å². The Balaban J connectivity index is 1.27. The Kier molecular flexibility index (Phi) is 6.53. The van der Waals surface area contributed by atoms with Crippen molar-refractivity contribution in [1.82, 2.24) is 40.2 Å². The largest absolute Gasteiger partial charge is 0.364 e. The first-order chi connectivity index (χ1) is 18.2. The van der Waals surface area contributed by atoms with Crippen LogP contribution in [0.3, 0.4) is 0 Å². The molecule has 0 aliphatic carbocycles. The first-order valence-corrected chi connectivity index (χ1v) is 12.1. The van der Waals surface area contributed by atoms with E-state index < -0.39 is 11.4 Å². The van der Waals surface area contributed by atoms with Crippen LogP contribution in [0.4, 0.5) is 22.0 Å². The quantitative estimate of drug-likeness (QED) is 0.320. The molecule has 0 spiro atoms. The van der Waals surface area contributed by atoms with Gasteiger partial charge in [-0.2, -0.15) is 15.2 Å². The molecule has 3 N–H and O–H groups in total. The van der Waals surface area contributed by atoms with E-state index in [0.29, 0.717) is 23.4 Å². The normalized spacial score (nSPS) is 19.6. The topological polar surface area (TPSA) is 139 Å². The Morgan fingerprint density at radius 3 is 2.66 bits per heavy atom. The highest BCUT2D eigenvalue weighted by Crippen LogP contribution is 2.36. The lowest BCUT2D eigenvalue weighted by molar-refractivity contribution is -0.153. The number of carbonyl (C=O) groups is 1. The minimum absolute atomic E-state index is 0.243. The maximum atomic E-state index is 13.4. The smallest absolute Gasteiger partial charge is 0.256 e. The zero-order valence-electron chi connectivity index (χ0n) is 21.7. The Labute approximate surface area is 218 Å². The second-order valence-corrected chi connectivity index (χ2v) is 9.40. The lowest BCUT2D eigenvalue weighted by Gasteiger charge is -2.53. The van der Waals surface area contributed by atoms with E-state index in [1.165, 1.54) is 18.0 Å². The summed E-state index contributed by atoms with van der Waals surface area (Å²) in [5.74, 6) is 1.54. The molecule has 0 radical (unpaired) electrons. The van der Waals surface area contributed by atoms with Crippen molar-refractivity contribution in [3.63, 3.8) is 0 Å². The molecule has 0 unspecified atom stereocenters. The summed E-state index contributed by atoms with van der Waals surface area (Å²) in [4.78, 5) is 28.9. The summed E-state index contributed by atoms with van der Waals surface area (Å²) in [6.07, 6.45) is 3.99. The highest BCUT2D eigenvalue weighted by atomic mass is 19.1. The van der Waals surface area contributed by atoms with Gasteiger partial charge in [-0.1, -0.05) is 6.07 Å². The van der Waals surface area contributed by atoms with Crippen LogP contribution in [-0.4, -0.2) is 66.1 Å². The summed E-state index contributed by atoms with van der Waals surface area (Å²) in [6.45, 7) is 7.87. The number of H-pyrrole nitrogens is 1. The molecule has 1 aliphatic heterocycles. The summed E-state index contributed by atoms with van der Waals surface area (Å²) >= 11 is 0. The van der Waals surface area contributed by atoms with Crippen LogP contribution in [-0.2, 0) is 9.53 Å². The van der Waals surface area contributed by atoms with Crippen molar-refractivity contribution in [3.05, 3.63) is 65.6 Å². The number of anilines is 3. The molecule has 0 saturated carbocycles. The monoisotopic (exact) mass is 520 g/mol. The number of amides is 1. The average Bonchev–Trinajstić information content (AvgIpc) is 3.51. The number of aromatic amines is 1. The van der Waals surface area contributed by atoms with E-state index in [0.717, 1.165) is 23.1 Å². The number of hydrogen-bond donors (Lipinski definition) is 3. The third kappa shape index (κ3) is 4.67. The fourth-order valence-corrected chi connectivity index (χ4v) is 4.47. The van der Waals surface area contributed by atoms with Crippen LogP contribution in [0.2, 0.25) is 0 Å². The molecule has 1 aliphatic rings. The molecule has 4 aromatic rings. The van der Waals surface area contributed by atoms with Crippen molar-refractivity contribution in [2.75, 3.05) is 23.9 Å². The van der Waals surface area contributed by atoms with Gasteiger partial charge in [-0.3, -0.25) is 9.89 Å². The number of ether oxygens (including phenoxy) is 1. The molecule has 1 fully saturated rings. The van der Waals surface area contributed by atoms with Crippen LogP contribution in [0.1, 0.15) is 36.8 Å². The van der Waals surface area contributed by atoms with Gasteiger partial charge in [0.15, 0.2) is 23.1 Å². The number of hydrogen-bond acceptors (Lipinski definition) is 9. The fourth-order valence-electron chi connectivity index (χ4n) is 4.47. The number of nitrogens with one attached hydrogen (secondary N) is 3. The summed E-state index contributed by atoms with van der Waals surface area (Å²) in [5, 5.41) is 17.2. The van der Waals surface area contributed by atoms with E-state index in [1.807, 2.05) is 50.8 Å². The van der Waals surface area contributed by atoms with Gasteiger partial charge in [-0.05, 0) is 39.3 Å². The molecule has 38 heavy (non-hydrogen) atoms. The molecule has 4 aromatic heterocycles. The molecule has 5 heterocycles. The zero-order valence-corrected chi connectivity index (χ0v) is 21.7. The predicted molar refractivity (Wildman–Crippen MR) is 138 cm³/mol. The van der Waals surface area contributed by atoms with Gasteiger partial charge < -0.3 is 20.3 Å². The van der Waals surface area contributed by atoms with E-state index in [-0.39, 0.29) is 24.5 Å². The maximum absolute atomic E-state index is 13.4. The van der Waals surface area contributed by atoms with Crippen molar-refractivity contribution in [3.8, 4) is 5.82 Å². The second kappa shape index (κ2) is 9.82. The number of carbonyl (C=O) groups excluding carboxylic acids is 1. The highest BCUT2D eigenvalue weighted by molar-refractivity contribution is 5.90. The van der Waals surface area contributed by atoms with Crippen LogP contribution in [0, 0.1) is 19.7 Å². The Morgan fingerprint density at radius 2 is 2.05 bits per heavy atom. The van der Waals surface area contributed by atoms with Gasteiger partial charge in [-0.25, -0.2) is 19.0 Å². The van der Waals surface area contributed by atoms with Gasteiger partial charge >= 0.3 is 0 Å². The molecule has 12 nitrogen and oxygen atoms in total. The van der Waals surface area contributed by atoms with Crippen molar-refractivity contribution >= 4 is 23.5 Å². The SMILES string of the molecule is CO[C@]1(C(=O)N[C@@H](C)c2ccc(-n3cc(F)cn3)nc2)CN(c2nc(C)cc(Nc3cc(C)[nH]n3)n2)[C@H]1C. The molecule has 0 aromatic carbocycles. The lowest BCUT2D eigenvalue weighted by Crippen LogP contribution is -2.75. The van der Waals surface area contributed by atoms with Crippen LogP contribution >= 0.6 is 0 Å². The Hall–Kier alpha value is -4.39. The number of rotatable bonds is 8. The number of pyridine rings is 1. The highest BCUT2D eigenvalue weighted by Gasteiger charge is 2.57. The first kappa shape index (κ1) is 25.3. The van der Waals surface area contributed by atoms with Crippen LogP contribution in [0.25, 0.3) is 5.82 Å². The van der Waals surface area contributed by atoms with Gasteiger partial charge in [0.1, 0.15) is 5.82 Å². The Bertz CT molecular complexity index is 1450. The van der Waals surface area contributed by atoms with Crippen molar-refractivity contribution in [2.45, 2.75) is 45.4 Å². The van der Waals surface area contributed by atoms with Crippen molar-refractivity contribution in [2.24, 2.45) is 0 Å². The van der Waals surface area contributed by atoms with Gasteiger partial charge in [0.05, 0.1) is 31.0 Å². The van der Waals surface area contributed by atoms with E-state index in [4.69, 9.17) is 4.74 Å². The summed E-state index contributed by atoms with van der Waals surface area (Å²) in [7, 11) is 1.53. The number of methoxy groups -OCH3 is 1. The first-order valence-electron chi connectivity index (χ1n) is 12.1. The molecular weight excluding hydrogens is 491 g/mol. The standard InChI is InChI=1S/C25H29FN10O2/c1-14-8-20(31-21-9-15(2)33-34-21)32-24(29-14)35-13-25(38-5,17(35)4)23(37)30-16(3)18-6-7-22(27-10-18)36-12-19(26)11-28-36/h6-12,16-17H,13H2,1-5H3,(H,30,37)(H2,29,31,32,33,34)/t16-,17-,25+/m0/s1. The average molecular weight is 521 g/mol. The van der Waals surface area contributed by atoms with E-state index in [9.17, 15) is 9.18 Å². The van der Waals surface area contributed by atoms with E-state index in [1.54, 1.807) is 12.3 Å². The van der Waals surface area contributed by atoms with Gasteiger partial charge in [-0.15, -0.1) is 0 Å². The molecule has 3 atom stereocenters. The number of aryl methyl sites for hydroxylation is 2. The third-order valence-electron chi connectivity index (χ3n) is 6.76. The molecule has 5 rings (SSSR count). The molecule has 1 saturated heterocycles. The molecule has 198 valence electrons. The number of nitrogens with zero attached hydrogens (tertiary/aromatic N) is 7. The summed E-state index contributed by atoms with van der Waals surface area (Å²) < 4.78 is 20.4. The van der Waals surface area contributed by atoms with Gasteiger partial charge in [0, 0.05) is 36.8 Å². The second-order valence-electron chi connectivity index (χ2n) is 9.40. The van der Waals surface area contributed by atoms with Gasteiger partial charge in [0.25, 0.3) is 5.91 Å². The summed E-state index contributed by atoms with van der Waals surface area (Å²) in [6, 6.07) is 6.59. The van der Waals surface area contributed by atoms with E-state index >= 15 is 0 Å². The third-order valence-corrected chi connectivity index (χ3v) is 6.76. The minimum Gasteiger partial charge on any atom is -0.364 e.